The molecule has 0 radical (unpaired) electrons. The molecule has 1 aliphatic rings. The van der Waals surface area contributed by atoms with Crippen LogP contribution in [0, 0.1) is 0 Å². The second-order valence-corrected chi connectivity index (χ2v) is 6.13. The second kappa shape index (κ2) is 4.80. The zero-order valence-electron chi connectivity index (χ0n) is 11.6. The van der Waals surface area contributed by atoms with Crippen LogP contribution in [0.3, 0.4) is 0 Å². The molecule has 1 aromatic carbocycles. The Kier molecular flexibility index (Phi) is 3.67. The summed E-state index contributed by atoms with van der Waals surface area (Å²) in [5.74, 6) is 0. The summed E-state index contributed by atoms with van der Waals surface area (Å²) in [5, 5.41) is 0. The van der Waals surface area contributed by atoms with Gasteiger partial charge in [0.15, 0.2) is 0 Å². The minimum atomic E-state index is -0.284. The molecule has 98 valence electrons. The van der Waals surface area contributed by atoms with Gasteiger partial charge in [0.25, 0.3) is 0 Å². The van der Waals surface area contributed by atoms with Gasteiger partial charge < -0.3 is 14.0 Å². The van der Waals surface area contributed by atoms with Crippen molar-refractivity contribution in [3.63, 3.8) is 0 Å². The van der Waals surface area contributed by atoms with Gasteiger partial charge in [-0.2, -0.15) is 0 Å². The molecule has 0 amide bonds. The summed E-state index contributed by atoms with van der Waals surface area (Å²) in [7, 11) is -0.279. The highest BCUT2D eigenvalue weighted by Gasteiger charge is 2.51. The fraction of sp³-hybridized carbons (Fsp3) is 0.538. The fourth-order valence-corrected chi connectivity index (χ4v) is 2.18. The van der Waals surface area contributed by atoms with Crippen LogP contribution >= 0.6 is 11.9 Å². The first kappa shape index (κ1) is 13.8. The smallest absolute Gasteiger partial charge is 0.399 e. The first-order valence-corrected chi connectivity index (χ1v) is 7.33. The van der Waals surface area contributed by atoms with Crippen LogP contribution in [0.4, 0.5) is 5.69 Å². The van der Waals surface area contributed by atoms with Crippen LogP contribution in [0.2, 0.25) is 0 Å². The molecule has 0 spiro atoms. The number of anilines is 1. The third-order valence-electron chi connectivity index (χ3n) is 3.66. The lowest BCUT2D eigenvalue weighted by Crippen LogP contribution is -2.41. The molecule has 2 rings (SSSR count). The summed E-state index contributed by atoms with van der Waals surface area (Å²) >= 11 is 1.58. The van der Waals surface area contributed by atoms with Crippen molar-refractivity contribution in [3.05, 3.63) is 24.3 Å². The van der Waals surface area contributed by atoms with Crippen LogP contribution in [0.25, 0.3) is 0 Å². The predicted octanol–water partition coefficient (Wildman–Crippen LogP) is 2.68. The lowest BCUT2D eigenvalue weighted by Gasteiger charge is -2.32. The van der Waals surface area contributed by atoms with Gasteiger partial charge in [-0.05, 0) is 45.3 Å². The molecule has 1 saturated heterocycles. The Morgan fingerprint density at radius 2 is 1.50 bits per heavy atom. The summed E-state index contributed by atoms with van der Waals surface area (Å²) in [6.45, 7) is 8.26. The normalized spacial score (nSPS) is 21.1. The maximum Gasteiger partial charge on any atom is 0.494 e. The van der Waals surface area contributed by atoms with Crippen molar-refractivity contribution >= 4 is 30.2 Å². The van der Waals surface area contributed by atoms with Gasteiger partial charge >= 0.3 is 7.12 Å². The molecule has 0 aliphatic carbocycles. The van der Waals surface area contributed by atoms with Gasteiger partial charge in [0.05, 0.1) is 11.2 Å². The van der Waals surface area contributed by atoms with Crippen molar-refractivity contribution in [2.24, 2.45) is 0 Å². The SMILES string of the molecule is CSNc1ccc(B2OC(C)(C)C(C)(C)O2)cc1. The van der Waals surface area contributed by atoms with E-state index in [1.54, 1.807) is 11.9 Å². The maximum atomic E-state index is 6.00. The van der Waals surface area contributed by atoms with E-state index in [2.05, 4.69) is 32.4 Å². The third kappa shape index (κ3) is 2.53. The van der Waals surface area contributed by atoms with Crippen LogP contribution in [0.5, 0.6) is 0 Å². The van der Waals surface area contributed by atoms with Crippen LogP contribution in [0.1, 0.15) is 27.7 Å². The van der Waals surface area contributed by atoms with E-state index in [4.69, 9.17) is 9.31 Å². The molecule has 5 heteroatoms. The molecular weight excluding hydrogens is 245 g/mol. The minimum absolute atomic E-state index is 0.279. The van der Waals surface area contributed by atoms with E-state index in [-0.39, 0.29) is 18.3 Å². The van der Waals surface area contributed by atoms with E-state index in [9.17, 15) is 0 Å². The van der Waals surface area contributed by atoms with E-state index < -0.39 is 0 Å². The second-order valence-electron chi connectivity index (χ2n) is 5.52. The number of hydrogen-bond acceptors (Lipinski definition) is 4. The molecule has 3 nitrogen and oxygen atoms in total. The quantitative estimate of drug-likeness (QED) is 0.672. The Balaban J connectivity index is 2.14. The number of benzene rings is 1. The zero-order valence-corrected chi connectivity index (χ0v) is 12.4. The lowest BCUT2D eigenvalue weighted by molar-refractivity contribution is 0.00578. The third-order valence-corrected chi connectivity index (χ3v) is 4.10. The number of rotatable bonds is 3. The molecular formula is C13H20BNO2S. The van der Waals surface area contributed by atoms with E-state index in [1.807, 2.05) is 30.5 Å². The molecule has 1 fully saturated rings. The first-order chi connectivity index (χ1) is 8.36. The highest BCUT2D eigenvalue weighted by Crippen LogP contribution is 2.36. The molecule has 1 aromatic rings. The van der Waals surface area contributed by atoms with Gasteiger partial charge in [0.2, 0.25) is 0 Å². The van der Waals surface area contributed by atoms with E-state index in [0.29, 0.717) is 0 Å². The van der Waals surface area contributed by atoms with Gasteiger partial charge in [-0.15, -0.1) is 0 Å². The summed E-state index contributed by atoms with van der Waals surface area (Å²) < 4.78 is 15.2. The maximum absolute atomic E-state index is 6.00. The average Bonchev–Trinajstić information content (AvgIpc) is 2.50. The number of hydrogen-bond donors (Lipinski definition) is 1. The molecule has 0 atom stereocenters. The van der Waals surface area contributed by atoms with Crippen molar-refractivity contribution in [3.8, 4) is 0 Å². The monoisotopic (exact) mass is 265 g/mol. The Morgan fingerprint density at radius 3 is 1.94 bits per heavy atom. The van der Waals surface area contributed by atoms with Crippen LogP contribution in [-0.2, 0) is 9.31 Å². The minimum Gasteiger partial charge on any atom is -0.399 e. The summed E-state index contributed by atoms with van der Waals surface area (Å²) in [4.78, 5) is 0. The number of nitrogens with one attached hydrogen (secondary N) is 1. The van der Waals surface area contributed by atoms with Crippen molar-refractivity contribution in [1.29, 1.82) is 0 Å². The van der Waals surface area contributed by atoms with E-state index >= 15 is 0 Å². The highest BCUT2D eigenvalue weighted by atomic mass is 32.2. The van der Waals surface area contributed by atoms with Crippen molar-refractivity contribution in [1.82, 2.24) is 0 Å². The highest BCUT2D eigenvalue weighted by molar-refractivity contribution is 7.99. The van der Waals surface area contributed by atoms with E-state index in [1.165, 1.54) is 0 Å². The van der Waals surface area contributed by atoms with Crippen molar-refractivity contribution < 1.29 is 9.31 Å². The Bertz CT molecular complexity index is 404. The Labute approximate surface area is 114 Å². The van der Waals surface area contributed by atoms with Crippen molar-refractivity contribution in [2.75, 3.05) is 11.0 Å². The molecule has 0 aromatic heterocycles. The zero-order chi connectivity index (χ0) is 13.4. The van der Waals surface area contributed by atoms with Gasteiger partial charge in [-0.25, -0.2) is 0 Å². The van der Waals surface area contributed by atoms with Gasteiger partial charge in [0, 0.05) is 11.9 Å². The van der Waals surface area contributed by atoms with Crippen molar-refractivity contribution in [2.45, 2.75) is 38.9 Å². The average molecular weight is 265 g/mol. The van der Waals surface area contributed by atoms with Crippen LogP contribution in [0.15, 0.2) is 24.3 Å². The first-order valence-electron chi connectivity index (χ1n) is 6.10. The molecule has 0 bridgehead atoms. The van der Waals surface area contributed by atoms with Crippen LogP contribution < -0.4 is 10.2 Å². The molecule has 0 saturated carbocycles. The Hall–Kier alpha value is -0.645. The molecule has 1 N–H and O–H groups in total. The fourth-order valence-electron chi connectivity index (χ4n) is 1.81. The summed E-state index contributed by atoms with van der Waals surface area (Å²) in [6, 6.07) is 8.16. The largest absolute Gasteiger partial charge is 0.494 e. The van der Waals surface area contributed by atoms with Gasteiger partial charge in [0.1, 0.15) is 0 Å². The Morgan fingerprint density at radius 1 is 1.00 bits per heavy atom. The predicted molar refractivity (Wildman–Crippen MR) is 79.3 cm³/mol. The molecule has 18 heavy (non-hydrogen) atoms. The molecule has 1 heterocycles. The van der Waals surface area contributed by atoms with Gasteiger partial charge in [-0.3, -0.25) is 0 Å². The van der Waals surface area contributed by atoms with Gasteiger partial charge in [-0.1, -0.05) is 24.1 Å². The topological polar surface area (TPSA) is 30.5 Å². The molecule has 0 unspecified atom stereocenters. The summed E-state index contributed by atoms with van der Waals surface area (Å²) in [5.41, 5.74) is 1.57. The lowest BCUT2D eigenvalue weighted by atomic mass is 9.79. The standard InChI is InChI=1S/C13H20BNO2S/c1-12(2)13(3,4)17-14(16-12)10-6-8-11(9-7-10)15-18-5/h6-9,15H,1-5H3. The molecule has 1 aliphatic heterocycles. The van der Waals surface area contributed by atoms with E-state index in [0.717, 1.165) is 11.2 Å². The summed E-state index contributed by atoms with van der Waals surface area (Å²) in [6.07, 6.45) is 2.00. The van der Waals surface area contributed by atoms with Crippen LogP contribution in [-0.4, -0.2) is 24.6 Å².